The van der Waals surface area contributed by atoms with Gasteiger partial charge in [-0.15, -0.1) is 0 Å². The van der Waals surface area contributed by atoms with Crippen molar-refractivity contribution in [3.8, 4) is 0 Å². The molecule has 4 aromatic rings. The fourth-order valence-corrected chi connectivity index (χ4v) is 6.41. The maximum absolute atomic E-state index is 13.4. The van der Waals surface area contributed by atoms with Gasteiger partial charge in [0, 0.05) is 58.6 Å². The Morgan fingerprint density at radius 1 is 0.914 bits per heavy atom. The van der Waals surface area contributed by atoms with Gasteiger partial charge >= 0.3 is 5.97 Å². The number of ether oxygens (including phenoxy) is 1. The van der Waals surface area contributed by atoms with Crippen molar-refractivity contribution in [2.24, 2.45) is 0 Å². The van der Waals surface area contributed by atoms with Gasteiger partial charge in [-0.1, -0.05) is 49.4 Å². The molecule has 0 radical (unpaired) electrons. The standard InChI is InChI=1S/C31H32N2O2/c1-4-22-20-23(32-18-10-11-19-32)16-17-26(22)31(27-14-8-6-12-24(27)30(34)35-31)29-21(3)33(5-2)28-15-9-7-13-25(28)29/h6-9,12-17,20H,4-5,10-11,18-19H2,1-3H3. The highest BCUT2D eigenvalue weighted by Crippen LogP contribution is 2.52. The van der Waals surface area contributed by atoms with Gasteiger partial charge in [0.15, 0.2) is 5.60 Å². The fraction of sp³-hybridized carbons (Fsp3) is 0.323. The molecule has 0 N–H and O–H groups in total. The second-order valence-electron chi connectivity index (χ2n) is 9.73. The first kappa shape index (κ1) is 22.0. The first-order chi connectivity index (χ1) is 17.1. The Morgan fingerprint density at radius 2 is 1.66 bits per heavy atom. The van der Waals surface area contributed by atoms with Gasteiger partial charge in [-0.2, -0.15) is 0 Å². The molecule has 0 spiro atoms. The van der Waals surface area contributed by atoms with Crippen LogP contribution in [-0.4, -0.2) is 23.6 Å². The van der Waals surface area contributed by atoms with Crippen LogP contribution in [0.25, 0.3) is 10.9 Å². The summed E-state index contributed by atoms with van der Waals surface area (Å²) in [6.07, 6.45) is 3.35. The Morgan fingerprint density at radius 3 is 2.43 bits per heavy atom. The summed E-state index contributed by atoms with van der Waals surface area (Å²) < 4.78 is 8.92. The second-order valence-corrected chi connectivity index (χ2v) is 9.73. The van der Waals surface area contributed by atoms with E-state index in [0.717, 1.165) is 53.8 Å². The molecule has 35 heavy (non-hydrogen) atoms. The van der Waals surface area contributed by atoms with Crippen LogP contribution in [0.5, 0.6) is 0 Å². The summed E-state index contributed by atoms with van der Waals surface area (Å²) in [6, 6.07) is 23.2. The van der Waals surface area contributed by atoms with Crippen molar-refractivity contribution in [3.63, 3.8) is 0 Å². The van der Waals surface area contributed by atoms with E-state index in [1.54, 1.807) is 0 Å². The molecular weight excluding hydrogens is 432 g/mol. The van der Waals surface area contributed by atoms with Crippen LogP contribution in [0, 0.1) is 6.92 Å². The van der Waals surface area contributed by atoms with Gasteiger partial charge in [0.1, 0.15) is 0 Å². The summed E-state index contributed by atoms with van der Waals surface area (Å²) in [4.78, 5) is 15.9. The van der Waals surface area contributed by atoms with Crippen LogP contribution in [0.15, 0.2) is 66.7 Å². The second kappa shape index (κ2) is 8.30. The Bertz CT molecular complexity index is 1440. The highest BCUT2D eigenvalue weighted by Gasteiger charge is 2.51. The molecular formula is C31H32N2O2. The van der Waals surface area contributed by atoms with Crippen molar-refractivity contribution >= 4 is 22.6 Å². The molecule has 3 aromatic carbocycles. The van der Waals surface area contributed by atoms with Crippen molar-refractivity contribution < 1.29 is 9.53 Å². The quantitative estimate of drug-likeness (QED) is 0.312. The minimum Gasteiger partial charge on any atom is -0.440 e. The van der Waals surface area contributed by atoms with Crippen LogP contribution >= 0.6 is 0 Å². The lowest BCUT2D eigenvalue weighted by Crippen LogP contribution is -2.32. The number of carbonyl (C=O) groups is 1. The number of para-hydroxylation sites is 1. The molecule has 178 valence electrons. The molecule has 1 fully saturated rings. The SMILES string of the molecule is CCc1cc(N2CCCC2)ccc1C1(c2c(C)n(CC)c3ccccc23)OC(=O)c2ccccc21. The molecule has 3 heterocycles. The molecule has 2 aliphatic rings. The van der Waals surface area contributed by atoms with E-state index in [0.29, 0.717) is 5.56 Å². The summed E-state index contributed by atoms with van der Waals surface area (Å²) >= 11 is 0. The molecule has 1 atom stereocenters. The van der Waals surface area contributed by atoms with E-state index in [1.807, 2.05) is 18.2 Å². The van der Waals surface area contributed by atoms with Crippen LogP contribution in [0.4, 0.5) is 5.69 Å². The Kier molecular flexibility index (Phi) is 5.21. The van der Waals surface area contributed by atoms with E-state index >= 15 is 0 Å². The zero-order valence-corrected chi connectivity index (χ0v) is 20.8. The Hall–Kier alpha value is -3.53. The third kappa shape index (κ3) is 3.09. The molecule has 0 bridgehead atoms. The van der Waals surface area contributed by atoms with Gasteiger partial charge in [0.05, 0.1) is 5.56 Å². The number of fused-ring (bicyclic) bond motifs is 2. The van der Waals surface area contributed by atoms with Crippen molar-refractivity contribution in [3.05, 3.63) is 100 Å². The summed E-state index contributed by atoms with van der Waals surface area (Å²) in [7, 11) is 0. The molecule has 4 nitrogen and oxygen atoms in total. The number of rotatable bonds is 5. The van der Waals surface area contributed by atoms with Crippen LogP contribution in [0.3, 0.4) is 0 Å². The normalized spacial score (nSPS) is 19.4. The maximum atomic E-state index is 13.4. The van der Waals surface area contributed by atoms with Gasteiger partial charge in [-0.3, -0.25) is 0 Å². The third-order valence-corrected chi connectivity index (χ3v) is 7.99. The van der Waals surface area contributed by atoms with E-state index in [9.17, 15) is 4.79 Å². The topological polar surface area (TPSA) is 34.5 Å². The number of hydrogen-bond donors (Lipinski definition) is 0. The number of aromatic nitrogens is 1. The first-order valence-electron chi connectivity index (χ1n) is 12.9. The van der Waals surface area contributed by atoms with Crippen LogP contribution in [0.1, 0.15) is 65.0 Å². The highest BCUT2D eigenvalue weighted by atomic mass is 16.6. The molecule has 1 aromatic heterocycles. The van der Waals surface area contributed by atoms with Gasteiger partial charge in [-0.25, -0.2) is 4.79 Å². The monoisotopic (exact) mass is 464 g/mol. The minimum absolute atomic E-state index is 0.251. The van der Waals surface area contributed by atoms with Crippen molar-refractivity contribution in [2.75, 3.05) is 18.0 Å². The van der Waals surface area contributed by atoms with E-state index in [2.05, 4.69) is 78.8 Å². The molecule has 0 aliphatic carbocycles. The third-order valence-electron chi connectivity index (χ3n) is 7.99. The predicted octanol–water partition coefficient (Wildman–Crippen LogP) is 6.59. The Balaban J connectivity index is 1.70. The number of carbonyl (C=O) groups excluding carboxylic acids is 1. The lowest BCUT2D eigenvalue weighted by Gasteiger charge is -2.33. The number of cyclic esters (lactones) is 1. The van der Waals surface area contributed by atoms with E-state index in [4.69, 9.17) is 4.74 Å². The average molecular weight is 465 g/mol. The number of nitrogens with zero attached hydrogens (tertiary/aromatic N) is 2. The molecule has 6 rings (SSSR count). The predicted molar refractivity (Wildman–Crippen MR) is 141 cm³/mol. The fourth-order valence-electron chi connectivity index (χ4n) is 6.41. The highest BCUT2D eigenvalue weighted by molar-refractivity contribution is 5.99. The first-order valence-corrected chi connectivity index (χ1v) is 12.9. The molecule has 1 saturated heterocycles. The number of hydrogen-bond acceptors (Lipinski definition) is 3. The maximum Gasteiger partial charge on any atom is 0.340 e. The lowest BCUT2D eigenvalue weighted by atomic mass is 9.76. The number of anilines is 1. The van der Waals surface area contributed by atoms with Gasteiger partial charge in [0.2, 0.25) is 0 Å². The van der Waals surface area contributed by atoms with E-state index < -0.39 is 5.60 Å². The largest absolute Gasteiger partial charge is 0.440 e. The van der Waals surface area contributed by atoms with Crippen molar-refractivity contribution in [1.82, 2.24) is 4.57 Å². The summed E-state index contributed by atoms with van der Waals surface area (Å²) in [5, 5.41) is 1.14. The molecule has 0 saturated carbocycles. The van der Waals surface area contributed by atoms with Gasteiger partial charge < -0.3 is 14.2 Å². The van der Waals surface area contributed by atoms with E-state index in [1.165, 1.54) is 29.6 Å². The number of esters is 1. The van der Waals surface area contributed by atoms with E-state index in [-0.39, 0.29) is 5.97 Å². The lowest BCUT2D eigenvalue weighted by molar-refractivity contribution is 0.0251. The summed E-state index contributed by atoms with van der Waals surface area (Å²) in [6.45, 7) is 9.60. The Labute approximate surface area is 207 Å². The number of aryl methyl sites for hydroxylation is 2. The average Bonchev–Trinajstić information content (AvgIpc) is 3.60. The van der Waals surface area contributed by atoms with Gasteiger partial charge in [-0.05, 0) is 62.9 Å². The molecule has 2 aliphatic heterocycles. The molecule has 4 heteroatoms. The minimum atomic E-state index is -0.979. The smallest absolute Gasteiger partial charge is 0.340 e. The number of benzene rings is 3. The molecule has 1 unspecified atom stereocenters. The summed E-state index contributed by atoms with van der Waals surface area (Å²) in [5.41, 5.74) is 7.59. The van der Waals surface area contributed by atoms with Gasteiger partial charge in [0.25, 0.3) is 0 Å². The van der Waals surface area contributed by atoms with Crippen LogP contribution < -0.4 is 4.90 Å². The molecule has 0 amide bonds. The summed E-state index contributed by atoms with van der Waals surface area (Å²) in [5.74, 6) is -0.251. The van der Waals surface area contributed by atoms with Crippen LogP contribution in [0.2, 0.25) is 0 Å². The zero-order chi connectivity index (χ0) is 24.2. The zero-order valence-electron chi connectivity index (χ0n) is 20.8. The van der Waals surface area contributed by atoms with Crippen LogP contribution in [-0.2, 0) is 23.3 Å². The van der Waals surface area contributed by atoms with Crippen molar-refractivity contribution in [2.45, 2.75) is 52.2 Å². The van der Waals surface area contributed by atoms with Crippen molar-refractivity contribution in [1.29, 1.82) is 0 Å².